The van der Waals surface area contributed by atoms with Gasteiger partial charge < -0.3 is 4.42 Å². The first kappa shape index (κ1) is 7.42. The van der Waals surface area contributed by atoms with Gasteiger partial charge in [0.05, 0.1) is 12.7 Å². The second-order valence-corrected chi connectivity index (χ2v) is 1.91. The second-order valence-electron chi connectivity index (χ2n) is 1.91. The Morgan fingerprint density at radius 2 is 2.64 bits per heavy atom. The Labute approximate surface area is 64.4 Å². The van der Waals surface area contributed by atoms with Gasteiger partial charge >= 0.3 is 0 Å². The van der Waals surface area contributed by atoms with Gasteiger partial charge in [-0.15, -0.1) is 6.42 Å². The van der Waals surface area contributed by atoms with Crippen LogP contribution in [0.4, 0.5) is 5.88 Å². The summed E-state index contributed by atoms with van der Waals surface area (Å²) < 4.78 is 4.85. The van der Waals surface area contributed by atoms with E-state index in [0.29, 0.717) is 5.88 Å². The average molecular weight is 149 g/mol. The number of hydrogen-bond acceptors (Lipinski definition) is 2. The van der Waals surface area contributed by atoms with E-state index in [-0.39, 0.29) is 12.3 Å². The minimum absolute atomic E-state index is 0.0701. The third kappa shape index (κ3) is 2.18. The van der Waals surface area contributed by atoms with Gasteiger partial charge in [-0.05, 0) is 6.07 Å². The second kappa shape index (κ2) is 3.47. The fourth-order valence-corrected chi connectivity index (χ4v) is 0.624. The van der Waals surface area contributed by atoms with E-state index in [1.807, 2.05) is 0 Å². The van der Waals surface area contributed by atoms with Crippen molar-refractivity contribution >= 4 is 11.8 Å². The van der Waals surface area contributed by atoms with Crippen LogP contribution in [0.2, 0.25) is 0 Å². The van der Waals surface area contributed by atoms with Crippen molar-refractivity contribution in [3.05, 3.63) is 18.4 Å². The Morgan fingerprint density at radius 3 is 3.18 bits per heavy atom. The topological polar surface area (TPSA) is 42.2 Å². The van der Waals surface area contributed by atoms with Gasteiger partial charge in [0, 0.05) is 6.07 Å². The zero-order valence-corrected chi connectivity index (χ0v) is 5.83. The fraction of sp³-hybridized carbons (Fsp3) is 0.125. The summed E-state index contributed by atoms with van der Waals surface area (Å²) in [7, 11) is 0. The van der Waals surface area contributed by atoms with Gasteiger partial charge in [0.2, 0.25) is 5.91 Å². The Balaban J connectivity index is 2.45. The minimum atomic E-state index is -0.234. The molecule has 0 aliphatic heterocycles. The molecule has 1 aromatic heterocycles. The van der Waals surface area contributed by atoms with Crippen LogP contribution in [0.25, 0.3) is 0 Å². The number of carbonyl (C=O) groups excluding carboxylic acids is 1. The van der Waals surface area contributed by atoms with Crippen LogP contribution in [0.5, 0.6) is 0 Å². The van der Waals surface area contributed by atoms with E-state index in [2.05, 4.69) is 11.2 Å². The Hall–Kier alpha value is -1.69. The van der Waals surface area contributed by atoms with Gasteiger partial charge in [0.15, 0.2) is 5.88 Å². The zero-order chi connectivity index (χ0) is 8.10. The van der Waals surface area contributed by atoms with Gasteiger partial charge in [0.25, 0.3) is 0 Å². The van der Waals surface area contributed by atoms with Crippen LogP contribution < -0.4 is 5.32 Å². The first-order chi connectivity index (χ1) is 5.33. The lowest BCUT2D eigenvalue weighted by atomic mass is 10.4. The van der Waals surface area contributed by atoms with Gasteiger partial charge in [-0.1, -0.05) is 5.92 Å². The molecule has 1 N–H and O–H groups in total. The summed E-state index contributed by atoms with van der Waals surface area (Å²) in [5.74, 6) is 2.41. The Bertz CT molecular complexity index is 269. The summed E-state index contributed by atoms with van der Waals surface area (Å²) in [6.45, 7) is 0. The zero-order valence-electron chi connectivity index (χ0n) is 5.83. The fourth-order valence-electron chi connectivity index (χ4n) is 0.624. The number of terminal acetylenes is 1. The molecular formula is C8H7NO2. The predicted octanol–water partition coefficient (Wildman–Crippen LogP) is 1.24. The highest BCUT2D eigenvalue weighted by Gasteiger charge is 1.99. The summed E-state index contributed by atoms with van der Waals surface area (Å²) in [6.07, 6.45) is 6.46. The SMILES string of the molecule is C#CCC(=O)Nc1ccco1. The van der Waals surface area contributed by atoms with Gasteiger partial charge in [-0.3, -0.25) is 10.1 Å². The molecule has 56 valence electrons. The lowest BCUT2D eigenvalue weighted by molar-refractivity contribution is -0.115. The summed E-state index contributed by atoms with van der Waals surface area (Å²) in [5, 5.41) is 2.47. The van der Waals surface area contributed by atoms with E-state index in [4.69, 9.17) is 10.8 Å². The van der Waals surface area contributed by atoms with E-state index < -0.39 is 0 Å². The third-order valence-corrected chi connectivity index (χ3v) is 1.05. The van der Waals surface area contributed by atoms with Crippen molar-refractivity contribution in [2.75, 3.05) is 5.32 Å². The van der Waals surface area contributed by atoms with Crippen LogP contribution in [0.15, 0.2) is 22.8 Å². The van der Waals surface area contributed by atoms with Crippen molar-refractivity contribution in [3.63, 3.8) is 0 Å². The van der Waals surface area contributed by atoms with Gasteiger partial charge in [0.1, 0.15) is 0 Å². The number of carbonyl (C=O) groups is 1. The van der Waals surface area contributed by atoms with E-state index in [1.54, 1.807) is 12.1 Å². The Kier molecular flexibility index (Phi) is 2.34. The van der Waals surface area contributed by atoms with Crippen LogP contribution in [-0.2, 0) is 4.79 Å². The lowest BCUT2D eigenvalue weighted by Gasteiger charge is -1.95. The molecule has 0 saturated carbocycles. The number of amides is 1. The quantitative estimate of drug-likeness (QED) is 0.643. The molecule has 0 saturated heterocycles. The molecule has 0 aliphatic rings. The molecule has 0 spiro atoms. The molecule has 0 aromatic carbocycles. The molecule has 0 radical (unpaired) electrons. The van der Waals surface area contributed by atoms with Crippen LogP contribution in [0.3, 0.4) is 0 Å². The summed E-state index contributed by atoms with van der Waals surface area (Å²) in [4.78, 5) is 10.8. The number of nitrogens with one attached hydrogen (secondary N) is 1. The largest absolute Gasteiger partial charge is 0.449 e. The lowest BCUT2D eigenvalue weighted by Crippen LogP contribution is -2.08. The molecule has 1 rings (SSSR count). The van der Waals surface area contributed by atoms with Gasteiger partial charge in [-0.25, -0.2) is 0 Å². The number of furan rings is 1. The maximum atomic E-state index is 10.8. The smallest absolute Gasteiger partial charge is 0.238 e. The normalized spacial score (nSPS) is 8.64. The van der Waals surface area contributed by atoms with Gasteiger partial charge in [-0.2, -0.15) is 0 Å². The molecule has 1 aromatic rings. The van der Waals surface area contributed by atoms with Crippen molar-refractivity contribution in [2.45, 2.75) is 6.42 Å². The van der Waals surface area contributed by atoms with E-state index in [9.17, 15) is 4.79 Å². The summed E-state index contributed by atoms with van der Waals surface area (Å²) in [5.41, 5.74) is 0. The Morgan fingerprint density at radius 1 is 1.82 bits per heavy atom. The minimum Gasteiger partial charge on any atom is -0.449 e. The highest BCUT2D eigenvalue weighted by Crippen LogP contribution is 2.06. The van der Waals surface area contributed by atoms with Crippen molar-refractivity contribution < 1.29 is 9.21 Å². The molecule has 0 aliphatic carbocycles. The first-order valence-electron chi connectivity index (χ1n) is 3.10. The van der Waals surface area contributed by atoms with Crippen molar-refractivity contribution in [1.29, 1.82) is 0 Å². The molecule has 1 heterocycles. The molecule has 0 fully saturated rings. The summed E-state index contributed by atoms with van der Waals surface area (Å²) >= 11 is 0. The molecule has 11 heavy (non-hydrogen) atoms. The number of rotatable bonds is 2. The molecule has 0 atom stereocenters. The molecule has 0 bridgehead atoms. The maximum Gasteiger partial charge on any atom is 0.238 e. The van der Waals surface area contributed by atoms with Crippen LogP contribution in [0.1, 0.15) is 6.42 Å². The molecule has 3 nitrogen and oxygen atoms in total. The van der Waals surface area contributed by atoms with E-state index in [1.165, 1.54) is 6.26 Å². The highest BCUT2D eigenvalue weighted by atomic mass is 16.3. The van der Waals surface area contributed by atoms with E-state index in [0.717, 1.165) is 0 Å². The van der Waals surface area contributed by atoms with Crippen LogP contribution in [-0.4, -0.2) is 5.91 Å². The first-order valence-corrected chi connectivity index (χ1v) is 3.10. The molecular weight excluding hydrogens is 142 g/mol. The summed E-state index contributed by atoms with van der Waals surface area (Å²) in [6, 6.07) is 3.33. The van der Waals surface area contributed by atoms with E-state index >= 15 is 0 Å². The van der Waals surface area contributed by atoms with Crippen molar-refractivity contribution in [2.24, 2.45) is 0 Å². The molecule has 0 unspecified atom stereocenters. The molecule has 1 amide bonds. The number of hydrogen-bond donors (Lipinski definition) is 1. The monoisotopic (exact) mass is 149 g/mol. The van der Waals surface area contributed by atoms with Crippen LogP contribution in [0, 0.1) is 12.3 Å². The number of anilines is 1. The predicted molar refractivity (Wildman–Crippen MR) is 40.8 cm³/mol. The average Bonchev–Trinajstić information content (AvgIpc) is 2.40. The maximum absolute atomic E-state index is 10.8. The van der Waals surface area contributed by atoms with Crippen LogP contribution >= 0.6 is 0 Å². The van der Waals surface area contributed by atoms with Crippen molar-refractivity contribution in [3.8, 4) is 12.3 Å². The highest BCUT2D eigenvalue weighted by molar-refractivity contribution is 5.90. The third-order valence-electron chi connectivity index (χ3n) is 1.05. The molecule has 3 heteroatoms. The van der Waals surface area contributed by atoms with Crippen molar-refractivity contribution in [1.82, 2.24) is 0 Å². The standard InChI is InChI=1S/C8H7NO2/c1-2-4-7(10)9-8-5-3-6-11-8/h1,3,5-6H,4H2,(H,9,10).